The largest absolute Gasteiger partial charge is 0.278 e. The molecular formula is C80H46N6S4. The molecule has 0 unspecified atom stereocenters. The van der Waals surface area contributed by atoms with Crippen molar-refractivity contribution in [3.63, 3.8) is 0 Å². The molecule has 0 bridgehead atoms. The van der Waals surface area contributed by atoms with Gasteiger partial charge >= 0.3 is 0 Å². The molecule has 0 fully saturated rings. The highest BCUT2D eigenvalue weighted by molar-refractivity contribution is 7.27. The Bertz CT molecular complexity index is 5810. The van der Waals surface area contributed by atoms with Gasteiger partial charge in [0.2, 0.25) is 11.9 Å². The van der Waals surface area contributed by atoms with Crippen molar-refractivity contribution in [2.45, 2.75) is 0 Å². The summed E-state index contributed by atoms with van der Waals surface area (Å²) < 4.78 is 14.4. The van der Waals surface area contributed by atoms with Gasteiger partial charge in [-0.3, -0.25) is 9.13 Å². The fraction of sp³-hybridized carbons (Fsp3) is 0. The summed E-state index contributed by atoms with van der Waals surface area (Å²) in [5, 5.41) is 12.4. The Morgan fingerprint density at radius 2 is 0.500 bits per heavy atom. The van der Waals surface area contributed by atoms with Crippen molar-refractivity contribution < 1.29 is 0 Å². The Hall–Kier alpha value is -10.7. The zero-order valence-electron chi connectivity index (χ0n) is 47.9. The molecule has 12 aromatic carbocycles. The van der Waals surface area contributed by atoms with Crippen LogP contribution in [-0.4, -0.2) is 29.1 Å². The molecule has 8 heterocycles. The van der Waals surface area contributed by atoms with Gasteiger partial charge in [-0.1, -0.05) is 194 Å². The van der Waals surface area contributed by atoms with Crippen molar-refractivity contribution in [1.82, 2.24) is 29.1 Å². The van der Waals surface area contributed by atoms with E-state index in [2.05, 4.69) is 288 Å². The second kappa shape index (κ2) is 20.4. The van der Waals surface area contributed by atoms with Crippen molar-refractivity contribution >= 4 is 170 Å². The Labute approximate surface area is 530 Å². The van der Waals surface area contributed by atoms with Gasteiger partial charge in [0.15, 0.2) is 0 Å². The van der Waals surface area contributed by atoms with Crippen LogP contribution in [-0.2, 0) is 0 Å². The fourth-order valence-electron chi connectivity index (χ4n) is 13.5. The quantitative estimate of drug-likeness (QED) is 0.166. The highest BCUT2D eigenvalue weighted by Crippen LogP contribution is 2.46. The van der Waals surface area contributed by atoms with Gasteiger partial charge in [0.1, 0.15) is 0 Å². The molecule has 0 N–H and O–H groups in total. The summed E-state index contributed by atoms with van der Waals surface area (Å²) in [7, 11) is 0. The minimum atomic E-state index is 0.690. The lowest BCUT2D eigenvalue weighted by Gasteiger charge is -2.10. The standard InChI is InChI=1S/2C40H23N3S2/c2*1-2-10-24(11-3-1)37-39-38(42-40(41-37)43-32-15-7-4-12-27(32)28-13-5-8-16-33(28)43)31-23-26(19-21-36(31)45-39)25-18-20-35-30(22-25)29-14-6-9-17-34(29)44-35/h2*1-23H. The average molecular weight is 1220 g/mol. The third kappa shape index (κ3) is 8.12. The highest BCUT2D eigenvalue weighted by atomic mass is 32.1. The maximum absolute atomic E-state index is 5.37. The van der Waals surface area contributed by atoms with E-state index in [0.29, 0.717) is 11.9 Å². The van der Waals surface area contributed by atoms with E-state index in [1.807, 2.05) is 22.7 Å². The summed E-state index contributed by atoms with van der Waals surface area (Å²) in [5.74, 6) is 1.38. The highest BCUT2D eigenvalue weighted by Gasteiger charge is 2.23. The molecule has 6 nitrogen and oxygen atoms in total. The summed E-state index contributed by atoms with van der Waals surface area (Å²) in [6.45, 7) is 0. The molecule has 0 saturated heterocycles. The van der Waals surface area contributed by atoms with E-state index in [1.165, 1.54) is 93.5 Å². The number of aromatic nitrogens is 6. The molecule has 0 aliphatic rings. The maximum atomic E-state index is 5.37. The van der Waals surface area contributed by atoms with Crippen molar-refractivity contribution in [1.29, 1.82) is 0 Å². The zero-order valence-corrected chi connectivity index (χ0v) is 51.1. The van der Waals surface area contributed by atoms with E-state index in [-0.39, 0.29) is 0 Å². The van der Waals surface area contributed by atoms with E-state index in [0.717, 1.165) is 75.8 Å². The Balaban J connectivity index is 0.000000130. The summed E-state index contributed by atoms with van der Waals surface area (Å²) >= 11 is 7.26. The van der Waals surface area contributed by atoms with Crippen LogP contribution >= 0.6 is 45.3 Å². The van der Waals surface area contributed by atoms with Gasteiger partial charge < -0.3 is 0 Å². The Morgan fingerprint density at radius 1 is 0.211 bits per heavy atom. The van der Waals surface area contributed by atoms with Crippen molar-refractivity contribution in [3.05, 3.63) is 279 Å². The van der Waals surface area contributed by atoms with Crippen LogP contribution in [0, 0.1) is 0 Å². The van der Waals surface area contributed by atoms with Gasteiger partial charge in [-0.2, -0.15) is 0 Å². The van der Waals surface area contributed by atoms with Gasteiger partial charge in [0.05, 0.1) is 53.9 Å². The smallest absolute Gasteiger partial charge is 0.235 e. The minimum Gasteiger partial charge on any atom is -0.278 e. The summed E-state index contributed by atoms with van der Waals surface area (Å²) in [6, 6.07) is 99.9. The van der Waals surface area contributed by atoms with Crippen LogP contribution in [0.3, 0.4) is 0 Å². The van der Waals surface area contributed by atoms with E-state index in [9.17, 15) is 0 Å². The fourth-order valence-corrected chi connectivity index (χ4v) is 17.9. The van der Waals surface area contributed by atoms with Gasteiger partial charge in [-0.25, -0.2) is 19.9 Å². The van der Waals surface area contributed by atoms with Gasteiger partial charge in [-0.15, -0.1) is 45.3 Å². The van der Waals surface area contributed by atoms with E-state index >= 15 is 0 Å². The third-order valence-electron chi connectivity index (χ3n) is 17.7. The van der Waals surface area contributed by atoms with Crippen LogP contribution in [0.25, 0.3) is 181 Å². The first-order valence-electron chi connectivity index (χ1n) is 30.0. The molecular weight excluding hydrogens is 1170 g/mol. The Morgan fingerprint density at radius 3 is 0.867 bits per heavy atom. The van der Waals surface area contributed by atoms with Crippen LogP contribution in [0.5, 0.6) is 0 Å². The predicted octanol–water partition coefficient (Wildman–Crippen LogP) is 23.3. The summed E-state index contributed by atoms with van der Waals surface area (Å²) in [4.78, 5) is 21.4. The van der Waals surface area contributed by atoms with Crippen LogP contribution < -0.4 is 0 Å². The first-order chi connectivity index (χ1) is 44.6. The molecule has 0 atom stereocenters. The third-order valence-corrected chi connectivity index (χ3v) is 22.3. The molecule has 0 saturated carbocycles. The first kappa shape index (κ1) is 51.3. The molecule has 90 heavy (non-hydrogen) atoms. The van der Waals surface area contributed by atoms with Crippen LogP contribution in [0.15, 0.2) is 279 Å². The number of fused-ring (bicyclic) bond motifs is 18. The lowest BCUT2D eigenvalue weighted by molar-refractivity contribution is 1.02. The van der Waals surface area contributed by atoms with Gasteiger partial charge in [-0.05, 0) is 107 Å². The summed E-state index contributed by atoms with van der Waals surface area (Å²) in [6.07, 6.45) is 0. The van der Waals surface area contributed by atoms with Crippen molar-refractivity contribution in [2.24, 2.45) is 0 Å². The number of hydrogen-bond acceptors (Lipinski definition) is 8. The second-order valence-corrected chi connectivity index (χ2v) is 27.1. The number of para-hydroxylation sites is 4. The number of rotatable bonds is 6. The van der Waals surface area contributed by atoms with E-state index < -0.39 is 0 Å². The molecule has 0 amide bonds. The molecule has 0 radical (unpaired) electrons. The summed E-state index contributed by atoms with van der Waals surface area (Å²) in [5.41, 5.74) is 15.3. The molecule has 8 aromatic heterocycles. The minimum absolute atomic E-state index is 0.690. The molecule has 0 aliphatic heterocycles. The molecule has 20 aromatic rings. The molecule has 420 valence electrons. The van der Waals surface area contributed by atoms with Crippen molar-refractivity contribution in [2.75, 3.05) is 0 Å². The van der Waals surface area contributed by atoms with Crippen LogP contribution in [0.1, 0.15) is 0 Å². The number of benzene rings is 12. The lowest BCUT2D eigenvalue weighted by Crippen LogP contribution is -2.02. The van der Waals surface area contributed by atoms with Gasteiger partial charge in [0, 0.05) is 93.2 Å². The van der Waals surface area contributed by atoms with Crippen molar-refractivity contribution in [3.8, 4) is 56.7 Å². The number of nitrogens with zero attached hydrogens (tertiary/aromatic N) is 6. The monoisotopic (exact) mass is 1220 g/mol. The predicted molar refractivity (Wildman–Crippen MR) is 386 cm³/mol. The van der Waals surface area contributed by atoms with E-state index in [1.54, 1.807) is 22.7 Å². The molecule has 10 heteroatoms. The average Bonchev–Trinajstić information content (AvgIpc) is 1.66. The zero-order chi connectivity index (χ0) is 59.0. The first-order valence-corrected chi connectivity index (χ1v) is 33.3. The second-order valence-electron chi connectivity index (χ2n) is 22.8. The molecule has 0 aliphatic carbocycles. The van der Waals surface area contributed by atoms with Crippen LogP contribution in [0.2, 0.25) is 0 Å². The number of thiophene rings is 4. The topological polar surface area (TPSA) is 61.4 Å². The number of hydrogen-bond donors (Lipinski definition) is 0. The molecule has 20 rings (SSSR count). The normalized spacial score (nSPS) is 12.0. The van der Waals surface area contributed by atoms with Crippen LogP contribution in [0.4, 0.5) is 0 Å². The van der Waals surface area contributed by atoms with E-state index in [4.69, 9.17) is 19.9 Å². The molecule has 0 spiro atoms. The lowest BCUT2D eigenvalue weighted by atomic mass is 10.0. The maximum Gasteiger partial charge on any atom is 0.235 e. The SMILES string of the molecule is c1ccc(-c2nc(-n3c4ccccc4c4ccccc43)nc3c2sc2ccc(-c4ccc5sc6ccccc6c5c4)cc23)cc1.c1ccc(-c2nc(-n3c4ccccc4c4ccccc43)nc3c2sc2ccc(-c4ccc5sc6ccccc6c5c4)cc23)cc1. The van der Waals surface area contributed by atoms with Gasteiger partial charge in [0.25, 0.3) is 0 Å². The Kier molecular flexibility index (Phi) is 11.7.